The summed E-state index contributed by atoms with van der Waals surface area (Å²) in [5.74, 6) is -0.649. The second-order valence-electron chi connectivity index (χ2n) is 7.83. The van der Waals surface area contributed by atoms with Gasteiger partial charge in [-0.05, 0) is 61.0 Å². The van der Waals surface area contributed by atoms with Gasteiger partial charge in [-0.1, -0.05) is 36.5 Å². The molecule has 0 unspecified atom stereocenters. The predicted molar refractivity (Wildman–Crippen MR) is 138 cm³/mol. The molecule has 35 heavy (non-hydrogen) atoms. The number of hydrogen-bond donors (Lipinski definition) is 0. The molecule has 0 radical (unpaired) electrons. The third-order valence-corrected chi connectivity index (χ3v) is 7.55. The summed E-state index contributed by atoms with van der Waals surface area (Å²) in [4.78, 5) is 16.5. The monoisotopic (exact) mass is 531 g/mol. The van der Waals surface area contributed by atoms with E-state index in [2.05, 4.69) is 4.98 Å². The highest BCUT2D eigenvalue weighted by Gasteiger charge is 2.29. The number of aromatic nitrogens is 2. The van der Waals surface area contributed by atoms with Crippen molar-refractivity contribution < 1.29 is 17.9 Å². The lowest BCUT2D eigenvalue weighted by atomic mass is 10.2. The largest absolute Gasteiger partial charge is 0.464 e. The zero-order chi connectivity index (χ0) is 25.0. The van der Waals surface area contributed by atoms with Crippen LogP contribution >= 0.6 is 23.2 Å². The van der Waals surface area contributed by atoms with Crippen LogP contribution in [0.4, 0.5) is 5.69 Å². The van der Waals surface area contributed by atoms with E-state index in [0.29, 0.717) is 12.1 Å². The van der Waals surface area contributed by atoms with Crippen molar-refractivity contribution in [3.8, 4) is 5.69 Å². The number of carbonyl (C=O) groups excluding carboxylic acids is 1. The molecular formula is C25H23Cl2N3O4S. The molecule has 0 spiro atoms. The number of anilines is 1. The lowest BCUT2D eigenvalue weighted by Gasteiger charge is -2.24. The van der Waals surface area contributed by atoms with Crippen LogP contribution in [0.3, 0.4) is 0 Å². The highest BCUT2D eigenvalue weighted by atomic mass is 35.5. The minimum Gasteiger partial charge on any atom is -0.464 e. The van der Waals surface area contributed by atoms with Gasteiger partial charge in [-0.25, -0.2) is 8.42 Å². The van der Waals surface area contributed by atoms with Gasteiger partial charge in [0, 0.05) is 39.7 Å². The first-order valence-corrected chi connectivity index (χ1v) is 13.1. The predicted octanol–water partition coefficient (Wildman–Crippen LogP) is 5.87. The molecule has 4 aromatic rings. The van der Waals surface area contributed by atoms with Gasteiger partial charge in [0.15, 0.2) is 0 Å². The fourth-order valence-electron chi connectivity index (χ4n) is 3.63. The number of nitrogens with zero attached hydrogens (tertiary/aromatic N) is 3. The van der Waals surface area contributed by atoms with Crippen molar-refractivity contribution in [3.63, 3.8) is 0 Å². The Morgan fingerprint density at radius 3 is 2.43 bits per heavy atom. The highest BCUT2D eigenvalue weighted by Crippen LogP contribution is 2.31. The number of carbonyl (C=O) groups is 1. The second kappa shape index (κ2) is 10.7. The van der Waals surface area contributed by atoms with Crippen molar-refractivity contribution in [1.29, 1.82) is 0 Å². The molecule has 182 valence electrons. The number of benzene rings is 2. The molecule has 4 rings (SSSR count). The summed E-state index contributed by atoms with van der Waals surface area (Å²) in [6, 6.07) is 14.9. The molecule has 0 bridgehead atoms. The van der Waals surface area contributed by atoms with Crippen LogP contribution in [0.25, 0.3) is 16.6 Å². The van der Waals surface area contributed by atoms with Crippen molar-refractivity contribution in [1.82, 2.24) is 9.55 Å². The maximum Gasteiger partial charge on any atom is 0.326 e. The molecule has 0 fully saturated rings. The number of ether oxygens (including phenoxy) is 1. The summed E-state index contributed by atoms with van der Waals surface area (Å²) >= 11 is 12.1. The van der Waals surface area contributed by atoms with Crippen LogP contribution in [0.1, 0.15) is 19.8 Å². The maximum absolute atomic E-state index is 13.7. The zero-order valence-electron chi connectivity index (χ0n) is 18.9. The normalized spacial score (nSPS) is 11.5. The number of esters is 1. The fraction of sp³-hybridized carbons (Fsp3) is 0.200. The quantitative estimate of drug-likeness (QED) is 0.199. The smallest absolute Gasteiger partial charge is 0.326 e. The first kappa shape index (κ1) is 25.0. The number of hydrogen-bond acceptors (Lipinski definition) is 5. The first-order chi connectivity index (χ1) is 16.8. The van der Waals surface area contributed by atoms with Gasteiger partial charge < -0.3 is 9.30 Å². The lowest BCUT2D eigenvalue weighted by Crippen LogP contribution is -2.36. The standard InChI is InChI=1S/C25H23Cl2N3O4S/c1-2-3-12-34-25(31)17-30(35(32,33)23-15-19(26)14-20(27)16-23)22-4-5-24-18(13-22)8-11-29(24)21-6-9-28-10-7-21/h4-11,13-16H,2-3,12,17H2,1H3. The van der Waals surface area contributed by atoms with Crippen LogP contribution in [-0.2, 0) is 19.6 Å². The van der Waals surface area contributed by atoms with E-state index in [1.165, 1.54) is 18.2 Å². The van der Waals surface area contributed by atoms with Gasteiger partial charge in [-0.15, -0.1) is 0 Å². The van der Waals surface area contributed by atoms with E-state index < -0.39 is 22.5 Å². The summed E-state index contributed by atoms with van der Waals surface area (Å²) in [7, 11) is -4.19. The SMILES string of the molecule is CCCCOC(=O)CN(c1ccc2c(ccn2-c2ccncc2)c1)S(=O)(=O)c1cc(Cl)cc(Cl)c1. The topological polar surface area (TPSA) is 81.5 Å². The Morgan fingerprint density at radius 2 is 1.74 bits per heavy atom. The van der Waals surface area contributed by atoms with Crippen LogP contribution in [0.5, 0.6) is 0 Å². The Bertz CT molecular complexity index is 1440. The minimum atomic E-state index is -4.19. The molecule has 2 aromatic heterocycles. The molecule has 0 saturated heterocycles. The Kier molecular flexibility index (Phi) is 7.64. The Hall–Kier alpha value is -3.07. The minimum absolute atomic E-state index is 0.120. The third kappa shape index (κ3) is 5.61. The molecule has 0 aliphatic carbocycles. The van der Waals surface area contributed by atoms with E-state index in [-0.39, 0.29) is 21.5 Å². The molecule has 0 N–H and O–H groups in total. The van der Waals surface area contributed by atoms with Crippen LogP contribution in [0, 0.1) is 0 Å². The molecule has 0 aliphatic rings. The third-order valence-electron chi connectivity index (χ3n) is 5.36. The molecular weight excluding hydrogens is 509 g/mol. The van der Waals surface area contributed by atoms with Crippen molar-refractivity contribution >= 4 is 55.8 Å². The number of sulfonamides is 1. The molecule has 10 heteroatoms. The molecule has 0 atom stereocenters. The lowest BCUT2D eigenvalue weighted by molar-refractivity contribution is -0.141. The number of rotatable bonds is 9. The van der Waals surface area contributed by atoms with E-state index in [1.807, 2.05) is 35.9 Å². The van der Waals surface area contributed by atoms with E-state index in [4.69, 9.17) is 27.9 Å². The number of unbranched alkanes of at least 4 members (excludes halogenated alkanes) is 1. The van der Waals surface area contributed by atoms with Gasteiger partial charge in [0.1, 0.15) is 6.54 Å². The van der Waals surface area contributed by atoms with E-state index >= 15 is 0 Å². The number of pyridine rings is 1. The van der Waals surface area contributed by atoms with Crippen molar-refractivity contribution in [2.24, 2.45) is 0 Å². The fourth-order valence-corrected chi connectivity index (χ4v) is 5.76. The Balaban J connectivity index is 1.76. The van der Waals surface area contributed by atoms with E-state index in [9.17, 15) is 13.2 Å². The molecule has 7 nitrogen and oxygen atoms in total. The van der Waals surface area contributed by atoms with Crippen molar-refractivity contribution in [3.05, 3.63) is 83.2 Å². The Labute approximate surface area is 213 Å². The highest BCUT2D eigenvalue weighted by molar-refractivity contribution is 7.92. The van der Waals surface area contributed by atoms with Crippen LogP contribution in [-0.4, -0.2) is 37.1 Å². The van der Waals surface area contributed by atoms with Gasteiger partial charge in [-0.3, -0.25) is 14.1 Å². The van der Waals surface area contributed by atoms with E-state index in [1.54, 1.807) is 30.6 Å². The summed E-state index contributed by atoms with van der Waals surface area (Å²) in [5.41, 5.74) is 2.10. The van der Waals surface area contributed by atoms with Crippen LogP contribution in [0.15, 0.2) is 78.1 Å². The summed E-state index contributed by atoms with van der Waals surface area (Å²) in [6.07, 6.45) is 6.82. The first-order valence-electron chi connectivity index (χ1n) is 11.0. The molecule has 0 aliphatic heterocycles. The van der Waals surface area contributed by atoms with Crippen LogP contribution in [0.2, 0.25) is 10.0 Å². The Morgan fingerprint density at radius 1 is 1.03 bits per heavy atom. The van der Waals surface area contributed by atoms with Crippen molar-refractivity contribution in [2.45, 2.75) is 24.7 Å². The van der Waals surface area contributed by atoms with Gasteiger partial charge in [0.2, 0.25) is 0 Å². The van der Waals surface area contributed by atoms with Gasteiger partial charge >= 0.3 is 5.97 Å². The maximum atomic E-state index is 13.7. The molecule has 2 aromatic carbocycles. The average Bonchev–Trinajstić information content (AvgIpc) is 3.26. The van der Waals surface area contributed by atoms with E-state index in [0.717, 1.165) is 27.3 Å². The molecule has 2 heterocycles. The van der Waals surface area contributed by atoms with Gasteiger partial charge in [-0.2, -0.15) is 0 Å². The van der Waals surface area contributed by atoms with Crippen molar-refractivity contribution in [2.75, 3.05) is 17.5 Å². The second-order valence-corrected chi connectivity index (χ2v) is 10.6. The zero-order valence-corrected chi connectivity index (χ0v) is 21.2. The average molecular weight is 532 g/mol. The van der Waals surface area contributed by atoms with Crippen LogP contribution < -0.4 is 4.31 Å². The van der Waals surface area contributed by atoms with Gasteiger partial charge in [0.25, 0.3) is 10.0 Å². The summed E-state index contributed by atoms with van der Waals surface area (Å²) in [5, 5.41) is 1.14. The summed E-state index contributed by atoms with van der Waals surface area (Å²) in [6.45, 7) is 1.70. The number of halogens is 2. The molecule has 0 saturated carbocycles. The number of fused-ring (bicyclic) bond motifs is 1. The summed E-state index contributed by atoms with van der Waals surface area (Å²) < 4.78 is 35.6. The molecule has 0 amide bonds. The van der Waals surface area contributed by atoms with Gasteiger partial charge in [0.05, 0.1) is 22.7 Å².